The van der Waals surface area contributed by atoms with Gasteiger partial charge in [-0.3, -0.25) is 9.69 Å². The molecular weight excluding hydrogens is 428 g/mol. The van der Waals surface area contributed by atoms with E-state index in [0.717, 1.165) is 44.2 Å². The van der Waals surface area contributed by atoms with Crippen molar-refractivity contribution in [1.29, 1.82) is 0 Å². The third kappa shape index (κ3) is 7.17. The van der Waals surface area contributed by atoms with E-state index in [4.69, 9.17) is 9.47 Å². The van der Waals surface area contributed by atoms with Crippen LogP contribution in [0.2, 0.25) is 0 Å². The van der Waals surface area contributed by atoms with Crippen LogP contribution in [0.4, 0.5) is 0 Å². The van der Waals surface area contributed by atoms with E-state index in [1.54, 1.807) is 0 Å². The molecule has 2 aromatic carbocycles. The Morgan fingerprint density at radius 3 is 2.58 bits per heavy atom. The molecule has 2 heterocycles. The summed E-state index contributed by atoms with van der Waals surface area (Å²) >= 11 is 4.01. The molecule has 0 saturated carbocycles. The Bertz CT molecular complexity index is 835. The zero-order valence-electron chi connectivity index (χ0n) is 17.8. The fourth-order valence-corrected chi connectivity index (χ4v) is 6.55. The smallest absolute Gasteiger partial charge is 0.258 e. The first kappa shape index (κ1) is 22.5. The van der Waals surface area contributed by atoms with Crippen molar-refractivity contribution in [2.24, 2.45) is 0 Å². The van der Waals surface area contributed by atoms with E-state index in [-0.39, 0.29) is 12.5 Å². The largest absolute Gasteiger partial charge is 0.484 e. The van der Waals surface area contributed by atoms with Crippen LogP contribution in [-0.4, -0.2) is 55.2 Å². The van der Waals surface area contributed by atoms with Crippen molar-refractivity contribution in [1.82, 2.24) is 10.2 Å². The average molecular weight is 459 g/mol. The van der Waals surface area contributed by atoms with Gasteiger partial charge in [0.25, 0.3) is 5.91 Å². The van der Waals surface area contributed by atoms with Crippen molar-refractivity contribution in [2.45, 2.75) is 24.1 Å². The highest BCUT2D eigenvalue weighted by Gasteiger charge is 2.16. The first-order chi connectivity index (χ1) is 15.3. The SMILES string of the molecule is O=C(COc1ccc(C2SCCCS2)cc1)NCc1cccc(CN2CCOCC2)c1. The van der Waals surface area contributed by atoms with E-state index in [1.165, 1.54) is 29.1 Å². The maximum atomic E-state index is 12.2. The van der Waals surface area contributed by atoms with Crippen molar-refractivity contribution in [3.63, 3.8) is 0 Å². The monoisotopic (exact) mass is 458 g/mol. The fraction of sp³-hybridized carbons (Fsp3) is 0.458. The molecule has 0 atom stereocenters. The lowest BCUT2D eigenvalue weighted by atomic mass is 10.1. The van der Waals surface area contributed by atoms with Gasteiger partial charge in [-0.2, -0.15) is 0 Å². The van der Waals surface area contributed by atoms with Crippen molar-refractivity contribution in [3.05, 3.63) is 65.2 Å². The summed E-state index contributed by atoms with van der Waals surface area (Å²) in [4.78, 5) is 14.6. The summed E-state index contributed by atoms with van der Waals surface area (Å²) in [6.45, 7) is 5.00. The predicted molar refractivity (Wildman–Crippen MR) is 129 cm³/mol. The number of carbonyl (C=O) groups excluding carboxylic acids is 1. The molecule has 2 fully saturated rings. The van der Waals surface area contributed by atoms with Gasteiger partial charge < -0.3 is 14.8 Å². The van der Waals surface area contributed by atoms with E-state index >= 15 is 0 Å². The number of amides is 1. The van der Waals surface area contributed by atoms with E-state index in [9.17, 15) is 4.79 Å². The number of hydrogen-bond donors (Lipinski definition) is 1. The standard InChI is InChI=1S/C24H30N2O3S2/c27-23(18-29-22-7-5-21(6-8-22)24-30-13-2-14-31-24)25-16-19-3-1-4-20(15-19)17-26-9-11-28-12-10-26/h1,3-8,15,24H,2,9-14,16-18H2,(H,25,27). The first-order valence-electron chi connectivity index (χ1n) is 10.9. The molecule has 31 heavy (non-hydrogen) atoms. The molecule has 4 rings (SSSR count). The van der Waals surface area contributed by atoms with Crippen LogP contribution < -0.4 is 10.1 Å². The van der Waals surface area contributed by atoms with Crippen LogP contribution in [0.15, 0.2) is 48.5 Å². The molecule has 0 bridgehead atoms. The van der Waals surface area contributed by atoms with Gasteiger partial charge in [-0.25, -0.2) is 0 Å². The van der Waals surface area contributed by atoms with Crippen LogP contribution in [-0.2, 0) is 22.6 Å². The molecule has 166 valence electrons. The van der Waals surface area contributed by atoms with Gasteiger partial charge in [0.2, 0.25) is 0 Å². The number of nitrogens with one attached hydrogen (secondary N) is 1. The first-order valence-corrected chi connectivity index (χ1v) is 13.0. The number of morpholine rings is 1. The number of ether oxygens (including phenoxy) is 2. The Balaban J connectivity index is 1.20. The second kappa shape index (κ2) is 11.8. The van der Waals surface area contributed by atoms with Crippen LogP contribution in [0, 0.1) is 0 Å². The van der Waals surface area contributed by atoms with Crippen LogP contribution in [0.1, 0.15) is 27.7 Å². The lowest BCUT2D eigenvalue weighted by Crippen LogP contribution is -2.35. The normalized spacial score (nSPS) is 17.9. The number of benzene rings is 2. The molecule has 2 aromatic rings. The maximum absolute atomic E-state index is 12.2. The zero-order valence-corrected chi connectivity index (χ0v) is 19.4. The zero-order chi connectivity index (χ0) is 21.3. The van der Waals surface area contributed by atoms with Gasteiger partial charge in [0.15, 0.2) is 6.61 Å². The minimum absolute atomic E-state index is 0.0275. The number of hydrogen-bond acceptors (Lipinski definition) is 6. The Morgan fingerprint density at radius 2 is 1.81 bits per heavy atom. The molecule has 0 spiro atoms. The Hall–Kier alpha value is -1.67. The molecule has 2 aliphatic heterocycles. The molecular formula is C24H30N2O3S2. The second-order valence-corrected chi connectivity index (χ2v) is 10.5. The Labute approximate surface area is 193 Å². The fourth-order valence-electron chi connectivity index (χ4n) is 3.66. The van der Waals surface area contributed by atoms with Crippen molar-refractivity contribution < 1.29 is 14.3 Å². The molecule has 1 N–H and O–H groups in total. The number of carbonyl (C=O) groups is 1. The summed E-state index contributed by atoms with van der Waals surface area (Å²) in [7, 11) is 0. The molecule has 2 saturated heterocycles. The molecule has 0 radical (unpaired) electrons. The van der Waals surface area contributed by atoms with Crippen LogP contribution >= 0.6 is 23.5 Å². The summed E-state index contributed by atoms with van der Waals surface area (Å²) in [5.74, 6) is 3.08. The van der Waals surface area contributed by atoms with Gasteiger partial charge in [0.1, 0.15) is 5.75 Å². The van der Waals surface area contributed by atoms with Crippen molar-refractivity contribution in [3.8, 4) is 5.75 Å². The van der Waals surface area contributed by atoms with Crippen molar-refractivity contribution in [2.75, 3.05) is 44.4 Å². The summed E-state index contributed by atoms with van der Waals surface area (Å²) in [6, 6.07) is 16.6. The molecule has 0 aliphatic carbocycles. The highest BCUT2D eigenvalue weighted by Crippen LogP contribution is 2.43. The summed E-state index contributed by atoms with van der Waals surface area (Å²) in [6.07, 6.45) is 1.29. The summed E-state index contributed by atoms with van der Waals surface area (Å²) < 4.78 is 11.6. The lowest BCUT2D eigenvalue weighted by molar-refractivity contribution is -0.123. The Kier molecular flexibility index (Phi) is 8.58. The molecule has 5 nitrogen and oxygen atoms in total. The van der Waals surface area contributed by atoms with Crippen LogP contribution in [0.5, 0.6) is 5.75 Å². The molecule has 2 aliphatic rings. The van der Waals surface area contributed by atoms with Gasteiger partial charge in [-0.05, 0) is 46.7 Å². The lowest BCUT2D eigenvalue weighted by Gasteiger charge is -2.26. The van der Waals surface area contributed by atoms with E-state index < -0.39 is 0 Å². The van der Waals surface area contributed by atoms with Gasteiger partial charge in [-0.1, -0.05) is 36.4 Å². The second-order valence-electron chi connectivity index (χ2n) is 7.77. The summed E-state index contributed by atoms with van der Waals surface area (Å²) in [5.41, 5.74) is 3.69. The average Bonchev–Trinajstić information content (AvgIpc) is 2.83. The van der Waals surface area contributed by atoms with E-state index in [2.05, 4.69) is 40.5 Å². The maximum Gasteiger partial charge on any atom is 0.258 e. The highest BCUT2D eigenvalue weighted by atomic mass is 32.2. The molecule has 1 amide bonds. The number of thioether (sulfide) groups is 2. The number of nitrogens with zero attached hydrogens (tertiary/aromatic N) is 1. The van der Waals surface area contributed by atoms with Crippen LogP contribution in [0.3, 0.4) is 0 Å². The van der Waals surface area contributed by atoms with Gasteiger partial charge in [0.05, 0.1) is 17.8 Å². The third-order valence-corrected chi connectivity index (χ3v) is 8.36. The van der Waals surface area contributed by atoms with Gasteiger partial charge in [0, 0.05) is 26.2 Å². The summed E-state index contributed by atoms with van der Waals surface area (Å²) in [5, 5.41) is 2.96. The molecule has 7 heteroatoms. The molecule has 0 unspecified atom stereocenters. The van der Waals surface area contributed by atoms with E-state index in [1.807, 2.05) is 41.7 Å². The molecule has 0 aromatic heterocycles. The third-order valence-electron chi connectivity index (χ3n) is 5.34. The minimum atomic E-state index is -0.110. The predicted octanol–water partition coefficient (Wildman–Crippen LogP) is 4.08. The van der Waals surface area contributed by atoms with Crippen LogP contribution in [0.25, 0.3) is 0 Å². The van der Waals surface area contributed by atoms with E-state index in [0.29, 0.717) is 11.1 Å². The number of rotatable bonds is 8. The Morgan fingerprint density at radius 1 is 1.06 bits per heavy atom. The topological polar surface area (TPSA) is 50.8 Å². The highest BCUT2D eigenvalue weighted by molar-refractivity contribution is 8.16. The quantitative estimate of drug-likeness (QED) is 0.643. The van der Waals surface area contributed by atoms with Gasteiger partial charge in [-0.15, -0.1) is 23.5 Å². The minimum Gasteiger partial charge on any atom is -0.484 e. The van der Waals surface area contributed by atoms with Gasteiger partial charge >= 0.3 is 0 Å². The van der Waals surface area contributed by atoms with Crippen molar-refractivity contribution >= 4 is 29.4 Å².